The van der Waals surface area contributed by atoms with Crippen LogP contribution in [0.2, 0.25) is 0 Å². The topological polar surface area (TPSA) is 106 Å². The molecule has 1 fully saturated rings. The summed E-state index contributed by atoms with van der Waals surface area (Å²) in [5.41, 5.74) is 1.70. The second-order valence-electron chi connectivity index (χ2n) is 9.52. The number of hydrogen-bond donors (Lipinski definition) is 2. The van der Waals surface area contributed by atoms with Crippen LogP contribution in [0.5, 0.6) is 11.6 Å². The van der Waals surface area contributed by atoms with Crippen LogP contribution in [0.25, 0.3) is 21.5 Å². The number of anilines is 1. The Labute approximate surface area is 241 Å². The number of aliphatic hydroxyl groups is 1. The second kappa shape index (κ2) is 11.5. The number of aromatic nitrogens is 4. The number of rotatable bonds is 9. The predicted octanol–water partition coefficient (Wildman–Crippen LogP) is 4.39. The van der Waals surface area contributed by atoms with Crippen LogP contribution in [0.4, 0.5) is 19.0 Å². The predicted molar refractivity (Wildman–Crippen MR) is 146 cm³/mol. The molecule has 0 bridgehead atoms. The number of nitrogens with one attached hydrogen (secondary N) is 1. The highest BCUT2D eigenvalue weighted by molar-refractivity contribution is 7.18. The molecule has 0 aliphatic heterocycles. The maximum Gasteiger partial charge on any atom is 0.393 e. The Balaban J connectivity index is 1.23. The molecule has 2 N–H and O–H groups in total. The summed E-state index contributed by atoms with van der Waals surface area (Å²) in [7, 11) is -4.01. The van der Waals surface area contributed by atoms with Crippen LogP contribution >= 0.6 is 11.3 Å². The molecule has 3 heterocycles. The van der Waals surface area contributed by atoms with E-state index in [1.807, 2.05) is 12.1 Å². The molecule has 1 aliphatic carbocycles. The molecule has 3 aromatic heterocycles. The summed E-state index contributed by atoms with van der Waals surface area (Å²) in [4.78, 5) is 10.9. The maximum atomic E-state index is 13.0. The first kappa shape index (κ1) is 21.2. The zero-order valence-electron chi connectivity index (χ0n) is 27.1. The van der Waals surface area contributed by atoms with E-state index in [9.17, 15) is 18.3 Å². The van der Waals surface area contributed by atoms with Crippen LogP contribution in [0, 0.1) is 0 Å². The van der Waals surface area contributed by atoms with Crippen molar-refractivity contribution < 1.29 is 36.0 Å². The van der Waals surface area contributed by atoms with Crippen molar-refractivity contribution in [3.63, 3.8) is 0 Å². The lowest BCUT2D eigenvalue weighted by Crippen LogP contribution is -2.38. The number of halogens is 3. The summed E-state index contributed by atoms with van der Waals surface area (Å²) in [6, 6.07) is 9.43. The summed E-state index contributed by atoms with van der Waals surface area (Å²) in [6.07, 6.45) is -3.75. The smallest absolute Gasteiger partial charge is 0.393 e. The third-order valence-electron chi connectivity index (χ3n) is 6.84. The van der Waals surface area contributed by atoms with Crippen molar-refractivity contribution in [3.8, 4) is 22.9 Å². The first-order valence-corrected chi connectivity index (χ1v) is 13.1. The average molecular weight is 581 g/mol. The first-order valence-electron chi connectivity index (χ1n) is 15.2. The third-order valence-corrected chi connectivity index (χ3v) is 7.88. The average Bonchev–Trinajstić information content (AvgIpc) is 3.52. The summed E-state index contributed by atoms with van der Waals surface area (Å²) < 4.78 is 92.4. The van der Waals surface area contributed by atoms with Gasteiger partial charge in [-0.05, 0) is 24.5 Å². The molecule has 212 valence electrons. The van der Waals surface area contributed by atoms with Crippen molar-refractivity contribution in [2.24, 2.45) is 0 Å². The Morgan fingerprint density at radius 1 is 1.12 bits per heavy atom. The van der Waals surface area contributed by atoms with Gasteiger partial charge in [-0.2, -0.15) is 13.2 Å². The molecule has 0 unspecified atom stereocenters. The molecule has 1 aromatic carbocycles. The lowest BCUT2D eigenvalue weighted by Gasteiger charge is -2.28. The summed E-state index contributed by atoms with van der Waals surface area (Å²) in [5, 5.41) is 22.5. The number of nitrogens with zero attached hydrogens (tertiary/aromatic N) is 5. The fourth-order valence-electron chi connectivity index (χ4n) is 4.90. The Morgan fingerprint density at radius 3 is 2.67 bits per heavy atom. The normalized spacial score (nSPS) is 22.1. The molecule has 4 aromatic rings. The van der Waals surface area contributed by atoms with Crippen LogP contribution < -0.4 is 19.7 Å². The first-order chi connectivity index (χ1) is 21.4. The van der Waals surface area contributed by atoms with E-state index < -0.39 is 44.4 Å². The van der Waals surface area contributed by atoms with E-state index in [2.05, 4.69) is 25.5 Å². The molecule has 0 radical (unpaired) electrons. The number of fused-ring (bicyclic) bond motifs is 1. The van der Waals surface area contributed by atoms with Crippen molar-refractivity contribution in [1.29, 1.82) is 0 Å². The van der Waals surface area contributed by atoms with Gasteiger partial charge in [0.2, 0.25) is 0 Å². The minimum Gasteiger partial charge on any atom is -0.491 e. The number of benzene rings is 1. The van der Waals surface area contributed by atoms with E-state index in [0.717, 1.165) is 16.9 Å². The maximum absolute atomic E-state index is 13.0. The van der Waals surface area contributed by atoms with E-state index in [4.69, 9.17) is 17.7 Å². The zero-order chi connectivity index (χ0) is 33.4. The van der Waals surface area contributed by atoms with Gasteiger partial charge in [0.25, 0.3) is 5.88 Å². The highest BCUT2D eigenvalue weighted by Crippen LogP contribution is 2.36. The van der Waals surface area contributed by atoms with Crippen molar-refractivity contribution in [3.05, 3.63) is 53.2 Å². The van der Waals surface area contributed by atoms with Gasteiger partial charge in [-0.3, -0.25) is 0 Å². The number of alkyl halides is 3. The van der Waals surface area contributed by atoms with Gasteiger partial charge in [-0.15, -0.1) is 21.5 Å². The van der Waals surface area contributed by atoms with Crippen LogP contribution in [0.3, 0.4) is 0 Å². The van der Waals surface area contributed by atoms with E-state index in [1.54, 1.807) is 24.1 Å². The minimum atomic E-state index is -4.33. The summed E-state index contributed by atoms with van der Waals surface area (Å²) >= 11 is 0.975. The van der Waals surface area contributed by atoms with Gasteiger partial charge in [-0.1, -0.05) is 24.3 Å². The Hall–Kier alpha value is -3.55. The number of methoxy groups -OCH3 is 2. The van der Waals surface area contributed by atoms with Gasteiger partial charge in [0.1, 0.15) is 17.0 Å². The molecule has 13 heteroatoms. The van der Waals surface area contributed by atoms with Gasteiger partial charge in [-0.25, -0.2) is 9.97 Å². The second-order valence-corrected chi connectivity index (χ2v) is 10.6. The van der Waals surface area contributed by atoms with Crippen molar-refractivity contribution in [1.82, 2.24) is 25.5 Å². The quantitative estimate of drug-likeness (QED) is 0.298. The van der Waals surface area contributed by atoms with Crippen LogP contribution in [0.15, 0.2) is 42.7 Å². The Morgan fingerprint density at radius 2 is 1.93 bits per heavy atom. The third kappa shape index (κ3) is 6.11. The Bertz CT molecular complexity index is 1670. The minimum absolute atomic E-state index is 0.0565. The van der Waals surface area contributed by atoms with Crippen LogP contribution in [0.1, 0.15) is 31.5 Å². The molecular weight excluding hydrogens is 545 g/mol. The lowest BCUT2D eigenvalue weighted by molar-refractivity contribution is -0.126. The molecule has 1 saturated carbocycles. The number of thiophene rings is 1. The largest absolute Gasteiger partial charge is 0.491 e. The van der Waals surface area contributed by atoms with E-state index in [-0.39, 0.29) is 22.7 Å². The van der Waals surface area contributed by atoms with Gasteiger partial charge in [0.15, 0.2) is 5.75 Å². The van der Waals surface area contributed by atoms with Gasteiger partial charge in [0, 0.05) is 36.1 Å². The monoisotopic (exact) mass is 580 g/mol. The molecule has 0 spiro atoms. The van der Waals surface area contributed by atoms with E-state index in [1.165, 1.54) is 18.5 Å². The highest BCUT2D eigenvalue weighted by atomic mass is 32.1. The SMILES string of the molecule is [2H]C([2H])([2H])Oc1cc(-c2ccc(CN[C@H]3C[C@@H](O)[C@@H](N(C)c4ncnc5sc(CC(F)(F)F)cc45)C3)cc2)nnc1OC([2H])([2H])[2H]. The van der Waals surface area contributed by atoms with Crippen LogP contribution in [-0.4, -0.2) is 70.8 Å². The summed E-state index contributed by atoms with van der Waals surface area (Å²) in [6.45, 7) is 0.460. The zero-order valence-corrected chi connectivity index (χ0v) is 22.0. The number of aliphatic hydroxyl groups excluding tert-OH is 1. The van der Waals surface area contributed by atoms with Crippen LogP contribution in [-0.2, 0) is 13.0 Å². The molecule has 0 amide bonds. The molecule has 9 nitrogen and oxygen atoms in total. The van der Waals surface area contributed by atoms with Gasteiger partial charge >= 0.3 is 6.18 Å². The molecule has 3 atom stereocenters. The van der Waals surface area contributed by atoms with Gasteiger partial charge in [0.05, 0.1) is 51.9 Å². The number of ether oxygens (including phenoxy) is 2. The molecule has 40 heavy (non-hydrogen) atoms. The van der Waals surface area contributed by atoms with E-state index in [0.29, 0.717) is 41.0 Å². The molecule has 0 saturated heterocycles. The van der Waals surface area contributed by atoms with E-state index >= 15 is 0 Å². The highest BCUT2D eigenvalue weighted by Gasteiger charge is 2.37. The summed E-state index contributed by atoms with van der Waals surface area (Å²) in [5.74, 6) is -0.507. The fraction of sp³-hybridized carbons (Fsp3) is 0.407. The number of hydrogen-bond acceptors (Lipinski definition) is 10. The van der Waals surface area contributed by atoms with Crippen molar-refractivity contribution in [2.45, 2.75) is 50.2 Å². The Kier molecular flexibility index (Phi) is 6.11. The standard InChI is InChI=1S/C27H29F3N6O3S/c1-36(24-19-10-18(12-27(28,29)30)40-26(19)33-14-32-24)21-8-17(9-22(21)37)31-13-15-4-6-16(7-5-15)20-11-23(38-2)25(39-3)35-34-20/h4-7,10-11,14,17,21-22,31,37H,8-9,12-13H2,1-3H3/t17-,21+,22-/m1/s1/i2D3,3D3. The molecule has 1 aliphatic rings. The molecule has 5 rings (SSSR count). The number of likely N-dealkylation sites (N-methyl/N-ethyl adjacent to an activating group) is 1. The fourth-order valence-corrected chi connectivity index (χ4v) is 5.92. The van der Waals surface area contributed by atoms with Crippen molar-refractivity contribution in [2.75, 3.05) is 26.0 Å². The van der Waals surface area contributed by atoms with Gasteiger partial charge < -0.3 is 24.8 Å². The lowest BCUT2D eigenvalue weighted by atomic mass is 10.1. The molecular formula is C27H29F3N6O3S. The van der Waals surface area contributed by atoms with Crippen molar-refractivity contribution >= 4 is 27.4 Å².